The molecule has 1 unspecified atom stereocenters. The molecule has 0 heterocycles. The maximum Gasteiger partial charge on any atom is 0.310 e. The van der Waals surface area contributed by atoms with Crippen LogP contribution in [0, 0.1) is 0 Å². The van der Waals surface area contributed by atoms with E-state index in [1.165, 1.54) is 0 Å². The van der Waals surface area contributed by atoms with E-state index in [0.717, 1.165) is 21.3 Å². The summed E-state index contributed by atoms with van der Waals surface area (Å²) in [4.78, 5) is 10.9. The molecule has 21 heavy (non-hydrogen) atoms. The summed E-state index contributed by atoms with van der Waals surface area (Å²) in [7, 11) is 0. The van der Waals surface area contributed by atoms with E-state index in [9.17, 15) is 4.79 Å². The number of anilines is 1. The Kier molecular flexibility index (Phi) is 5.26. The fourth-order valence-electron chi connectivity index (χ4n) is 1.90. The van der Waals surface area contributed by atoms with Gasteiger partial charge in [-0.25, -0.2) is 0 Å². The second kappa shape index (κ2) is 6.96. The van der Waals surface area contributed by atoms with Gasteiger partial charge in [-0.1, -0.05) is 35.9 Å². The van der Waals surface area contributed by atoms with Gasteiger partial charge in [0.1, 0.15) is 0 Å². The van der Waals surface area contributed by atoms with Crippen LogP contribution in [-0.4, -0.2) is 11.1 Å². The summed E-state index contributed by atoms with van der Waals surface area (Å²) in [5.41, 5.74) is 2.85. The third kappa shape index (κ3) is 4.22. The van der Waals surface area contributed by atoms with Crippen LogP contribution in [0.3, 0.4) is 0 Å². The Labute approximate surface area is 137 Å². The second-order valence-corrected chi connectivity index (χ2v) is 6.07. The summed E-state index contributed by atoms with van der Waals surface area (Å²) < 4.78 is 0.908. The highest BCUT2D eigenvalue weighted by atomic mass is 79.9. The summed E-state index contributed by atoms with van der Waals surface area (Å²) in [6.07, 6.45) is 0. The SMILES string of the molecule is CC(C(=O)O)c1ccc(CNc2ccc(Cl)cc2Br)cc1. The van der Waals surface area contributed by atoms with Crippen molar-refractivity contribution in [2.45, 2.75) is 19.4 Å². The van der Waals surface area contributed by atoms with Crippen LogP contribution in [0.5, 0.6) is 0 Å². The molecule has 0 amide bonds. The van der Waals surface area contributed by atoms with Crippen LogP contribution in [0.1, 0.15) is 24.0 Å². The Morgan fingerprint density at radius 2 is 1.95 bits per heavy atom. The second-order valence-electron chi connectivity index (χ2n) is 4.78. The average Bonchev–Trinajstić information content (AvgIpc) is 2.46. The van der Waals surface area contributed by atoms with Gasteiger partial charge in [0, 0.05) is 21.7 Å². The van der Waals surface area contributed by atoms with Crippen LogP contribution >= 0.6 is 27.5 Å². The molecule has 0 saturated heterocycles. The summed E-state index contributed by atoms with van der Waals surface area (Å²) >= 11 is 9.36. The maximum atomic E-state index is 10.9. The number of carboxylic acids is 1. The van der Waals surface area contributed by atoms with Crippen LogP contribution in [-0.2, 0) is 11.3 Å². The molecule has 2 N–H and O–H groups in total. The minimum atomic E-state index is -0.814. The molecule has 0 aliphatic carbocycles. The summed E-state index contributed by atoms with van der Waals surface area (Å²) in [6, 6.07) is 13.2. The van der Waals surface area contributed by atoms with Gasteiger partial charge in [-0.3, -0.25) is 4.79 Å². The lowest BCUT2D eigenvalue weighted by molar-refractivity contribution is -0.138. The van der Waals surface area contributed by atoms with Crippen LogP contribution in [0.2, 0.25) is 5.02 Å². The highest BCUT2D eigenvalue weighted by Crippen LogP contribution is 2.26. The normalized spacial score (nSPS) is 12.0. The lowest BCUT2D eigenvalue weighted by Crippen LogP contribution is -2.07. The first-order valence-electron chi connectivity index (χ1n) is 6.48. The minimum absolute atomic E-state index is 0.489. The summed E-state index contributed by atoms with van der Waals surface area (Å²) in [5.74, 6) is -1.30. The number of benzene rings is 2. The molecule has 2 rings (SSSR count). The van der Waals surface area contributed by atoms with E-state index in [2.05, 4.69) is 21.2 Å². The van der Waals surface area contributed by atoms with E-state index in [-0.39, 0.29) is 0 Å². The van der Waals surface area contributed by atoms with Crippen molar-refractivity contribution in [2.75, 3.05) is 5.32 Å². The molecule has 0 bridgehead atoms. The van der Waals surface area contributed by atoms with Crippen molar-refractivity contribution < 1.29 is 9.90 Å². The third-order valence-electron chi connectivity index (χ3n) is 3.26. The van der Waals surface area contributed by atoms with Crippen molar-refractivity contribution >= 4 is 39.2 Å². The Hall–Kier alpha value is -1.52. The van der Waals surface area contributed by atoms with Crippen LogP contribution in [0.25, 0.3) is 0 Å². The third-order valence-corrected chi connectivity index (χ3v) is 4.16. The van der Waals surface area contributed by atoms with Gasteiger partial charge in [0.05, 0.1) is 5.92 Å². The molecule has 0 radical (unpaired) electrons. The average molecular weight is 369 g/mol. The number of carbonyl (C=O) groups is 1. The van der Waals surface area contributed by atoms with Crippen molar-refractivity contribution in [3.63, 3.8) is 0 Å². The van der Waals surface area contributed by atoms with E-state index in [1.807, 2.05) is 42.5 Å². The lowest BCUT2D eigenvalue weighted by atomic mass is 10.00. The van der Waals surface area contributed by atoms with Gasteiger partial charge in [0.2, 0.25) is 0 Å². The quantitative estimate of drug-likeness (QED) is 0.789. The van der Waals surface area contributed by atoms with Gasteiger partial charge in [-0.15, -0.1) is 0 Å². The molecule has 1 atom stereocenters. The van der Waals surface area contributed by atoms with Gasteiger partial charge < -0.3 is 10.4 Å². The topological polar surface area (TPSA) is 49.3 Å². The zero-order valence-electron chi connectivity index (χ0n) is 11.4. The van der Waals surface area contributed by atoms with E-state index in [1.54, 1.807) is 6.92 Å². The van der Waals surface area contributed by atoms with Crippen molar-refractivity contribution in [3.8, 4) is 0 Å². The van der Waals surface area contributed by atoms with Crippen molar-refractivity contribution in [1.82, 2.24) is 0 Å². The van der Waals surface area contributed by atoms with Crippen molar-refractivity contribution in [1.29, 1.82) is 0 Å². The molecule has 0 aliphatic heterocycles. The molecular weight excluding hydrogens is 354 g/mol. The Morgan fingerprint density at radius 3 is 2.52 bits per heavy atom. The molecule has 0 fully saturated rings. The van der Waals surface area contributed by atoms with Crippen molar-refractivity contribution in [3.05, 3.63) is 63.1 Å². The molecule has 3 nitrogen and oxygen atoms in total. The van der Waals surface area contributed by atoms with Gasteiger partial charge >= 0.3 is 5.97 Å². The smallest absolute Gasteiger partial charge is 0.310 e. The summed E-state index contributed by atoms with van der Waals surface area (Å²) in [5, 5.41) is 13.0. The Balaban J connectivity index is 2.02. The van der Waals surface area contributed by atoms with Crippen LogP contribution in [0.15, 0.2) is 46.9 Å². The van der Waals surface area contributed by atoms with Gasteiger partial charge in [-0.2, -0.15) is 0 Å². The van der Waals surface area contributed by atoms with Crippen molar-refractivity contribution in [2.24, 2.45) is 0 Å². The van der Waals surface area contributed by atoms with Crippen LogP contribution < -0.4 is 5.32 Å². The number of rotatable bonds is 5. The predicted octanol–water partition coefficient (Wildman–Crippen LogP) is 4.90. The maximum absolute atomic E-state index is 10.9. The lowest BCUT2D eigenvalue weighted by Gasteiger charge is -2.11. The molecule has 2 aromatic carbocycles. The standard InChI is InChI=1S/C16H15BrClNO2/c1-10(16(20)21)12-4-2-11(3-5-12)9-19-15-7-6-13(18)8-14(15)17/h2-8,10,19H,9H2,1H3,(H,20,21). The first-order valence-corrected chi connectivity index (χ1v) is 7.65. The number of aliphatic carboxylic acids is 1. The number of carboxylic acid groups (broad SMARTS) is 1. The largest absolute Gasteiger partial charge is 0.481 e. The van der Waals surface area contributed by atoms with E-state index >= 15 is 0 Å². The molecule has 0 aromatic heterocycles. The molecule has 0 saturated carbocycles. The highest BCUT2D eigenvalue weighted by molar-refractivity contribution is 9.10. The zero-order valence-corrected chi connectivity index (χ0v) is 13.8. The van der Waals surface area contributed by atoms with E-state index in [0.29, 0.717) is 11.6 Å². The fraction of sp³-hybridized carbons (Fsp3) is 0.188. The first-order chi connectivity index (χ1) is 9.97. The molecule has 0 aliphatic rings. The molecule has 0 spiro atoms. The minimum Gasteiger partial charge on any atom is -0.481 e. The Morgan fingerprint density at radius 1 is 1.29 bits per heavy atom. The van der Waals surface area contributed by atoms with Gasteiger partial charge in [0.15, 0.2) is 0 Å². The molecule has 110 valence electrons. The van der Waals surface area contributed by atoms with Gasteiger partial charge in [-0.05, 0) is 52.2 Å². The molecule has 2 aromatic rings. The number of hydrogen-bond donors (Lipinski definition) is 2. The monoisotopic (exact) mass is 367 g/mol. The van der Waals surface area contributed by atoms with Gasteiger partial charge in [0.25, 0.3) is 0 Å². The number of halogens is 2. The number of hydrogen-bond acceptors (Lipinski definition) is 2. The van der Waals surface area contributed by atoms with E-state index in [4.69, 9.17) is 16.7 Å². The highest BCUT2D eigenvalue weighted by Gasteiger charge is 2.12. The molecular formula is C16H15BrClNO2. The first kappa shape index (κ1) is 15.9. The van der Waals surface area contributed by atoms with E-state index < -0.39 is 11.9 Å². The number of nitrogens with one attached hydrogen (secondary N) is 1. The Bertz CT molecular complexity index is 643. The zero-order chi connectivity index (χ0) is 15.4. The van der Waals surface area contributed by atoms with Crippen LogP contribution in [0.4, 0.5) is 5.69 Å². The fourth-order valence-corrected chi connectivity index (χ4v) is 2.72. The summed E-state index contributed by atoms with van der Waals surface area (Å²) in [6.45, 7) is 2.34. The molecule has 5 heteroatoms. The predicted molar refractivity (Wildman–Crippen MR) is 89.0 cm³/mol.